The van der Waals surface area contributed by atoms with Crippen molar-refractivity contribution in [2.24, 2.45) is 0 Å². The zero-order valence-electron chi connectivity index (χ0n) is 10.9. The van der Waals surface area contributed by atoms with E-state index in [0.717, 1.165) is 12.1 Å². The first-order valence-electron chi connectivity index (χ1n) is 6.21. The van der Waals surface area contributed by atoms with E-state index >= 15 is 0 Å². The maximum absolute atomic E-state index is 12.5. The predicted octanol–water partition coefficient (Wildman–Crippen LogP) is 2.89. The van der Waals surface area contributed by atoms with E-state index in [2.05, 4.69) is 0 Å². The predicted molar refractivity (Wildman–Crippen MR) is 67.8 cm³/mol. The summed E-state index contributed by atoms with van der Waals surface area (Å²) in [5.74, 6) is 0. The summed E-state index contributed by atoms with van der Waals surface area (Å²) < 4.78 is 37.4. The summed E-state index contributed by atoms with van der Waals surface area (Å²) in [4.78, 5) is 14.2. The Morgan fingerprint density at radius 2 is 1.85 bits per heavy atom. The molecule has 1 aromatic rings. The van der Waals surface area contributed by atoms with Gasteiger partial charge < -0.3 is 14.9 Å². The molecule has 1 heterocycles. The summed E-state index contributed by atoms with van der Waals surface area (Å²) in [6.45, 7) is 3.07. The van der Waals surface area contributed by atoms with Gasteiger partial charge in [0.15, 0.2) is 0 Å². The van der Waals surface area contributed by atoms with Gasteiger partial charge in [0, 0.05) is 31.4 Å². The molecule has 0 spiro atoms. The van der Waals surface area contributed by atoms with Gasteiger partial charge in [-0.25, -0.2) is 4.79 Å². The summed E-state index contributed by atoms with van der Waals surface area (Å²) in [6, 6.07) is 4.74. The van der Waals surface area contributed by atoms with Crippen LogP contribution in [-0.2, 0) is 6.18 Å². The number of anilines is 1. The molecule has 1 aliphatic rings. The van der Waals surface area contributed by atoms with Gasteiger partial charge in [0.25, 0.3) is 0 Å². The smallest absolute Gasteiger partial charge is 0.416 e. The minimum absolute atomic E-state index is 0.191. The molecule has 0 radical (unpaired) electrons. The quantitative estimate of drug-likeness (QED) is 0.864. The zero-order valence-corrected chi connectivity index (χ0v) is 10.9. The standard InChI is InChI=1S/C13H15F3N2O2/c1-9-8-17(6-7-18(9)12(19)20)11-4-2-10(3-5-11)13(14,15)16/h2-5,9H,6-8H2,1H3,(H,19,20). The van der Waals surface area contributed by atoms with Gasteiger partial charge >= 0.3 is 12.3 Å². The Hall–Kier alpha value is -1.92. The van der Waals surface area contributed by atoms with Crippen molar-refractivity contribution in [3.63, 3.8) is 0 Å². The van der Waals surface area contributed by atoms with E-state index in [0.29, 0.717) is 25.3 Å². The highest BCUT2D eigenvalue weighted by Gasteiger charge is 2.31. The van der Waals surface area contributed by atoms with Crippen molar-refractivity contribution in [1.82, 2.24) is 4.90 Å². The van der Waals surface area contributed by atoms with Gasteiger partial charge in [0.2, 0.25) is 0 Å². The molecule has 1 aliphatic heterocycles. The van der Waals surface area contributed by atoms with Crippen molar-refractivity contribution in [1.29, 1.82) is 0 Å². The molecule has 1 N–H and O–H groups in total. The van der Waals surface area contributed by atoms with Crippen LogP contribution in [0.1, 0.15) is 12.5 Å². The molecule has 2 rings (SSSR count). The third-order valence-corrected chi connectivity index (χ3v) is 3.43. The second kappa shape index (κ2) is 5.22. The van der Waals surface area contributed by atoms with Crippen LogP contribution in [0.3, 0.4) is 0 Å². The van der Waals surface area contributed by atoms with Crippen LogP contribution in [0.2, 0.25) is 0 Å². The highest BCUT2D eigenvalue weighted by atomic mass is 19.4. The van der Waals surface area contributed by atoms with Gasteiger partial charge in [-0.1, -0.05) is 0 Å². The van der Waals surface area contributed by atoms with Gasteiger partial charge in [-0.15, -0.1) is 0 Å². The molecular weight excluding hydrogens is 273 g/mol. The second-order valence-electron chi connectivity index (χ2n) is 4.82. The molecule has 1 unspecified atom stereocenters. The van der Waals surface area contributed by atoms with Crippen LogP contribution >= 0.6 is 0 Å². The monoisotopic (exact) mass is 288 g/mol. The average molecular weight is 288 g/mol. The lowest BCUT2D eigenvalue weighted by molar-refractivity contribution is -0.137. The Kier molecular flexibility index (Phi) is 3.78. The van der Waals surface area contributed by atoms with Gasteiger partial charge in [0.05, 0.1) is 5.56 Å². The second-order valence-corrected chi connectivity index (χ2v) is 4.82. The molecule has 4 nitrogen and oxygen atoms in total. The molecule has 0 bridgehead atoms. The van der Waals surface area contributed by atoms with Gasteiger partial charge in [-0.05, 0) is 31.2 Å². The Labute approximate surface area is 114 Å². The molecule has 1 amide bonds. The molecule has 1 fully saturated rings. The number of rotatable bonds is 1. The molecular formula is C13H15F3N2O2. The minimum atomic E-state index is -4.34. The first-order chi connectivity index (χ1) is 9.29. The number of carboxylic acid groups (broad SMARTS) is 1. The normalized spacial score (nSPS) is 20.1. The van der Waals surface area contributed by atoms with E-state index in [1.165, 1.54) is 17.0 Å². The lowest BCUT2D eigenvalue weighted by atomic mass is 10.1. The zero-order chi connectivity index (χ0) is 14.9. The molecule has 20 heavy (non-hydrogen) atoms. The van der Waals surface area contributed by atoms with Crippen LogP contribution in [0.25, 0.3) is 0 Å². The molecule has 0 saturated carbocycles. The van der Waals surface area contributed by atoms with Crippen molar-refractivity contribution in [3.05, 3.63) is 29.8 Å². The summed E-state index contributed by atoms with van der Waals surface area (Å²) in [6.07, 6.45) is -5.31. The maximum atomic E-state index is 12.5. The minimum Gasteiger partial charge on any atom is -0.465 e. The van der Waals surface area contributed by atoms with E-state index in [1.54, 1.807) is 6.92 Å². The molecule has 110 valence electrons. The van der Waals surface area contributed by atoms with Crippen LogP contribution in [0.4, 0.5) is 23.7 Å². The SMILES string of the molecule is CC1CN(c2ccc(C(F)(F)F)cc2)CCN1C(=O)O. The number of benzene rings is 1. The Balaban J connectivity index is 2.08. The Bertz CT molecular complexity index is 487. The Morgan fingerprint density at radius 1 is 1.25 bits per heavy atom. The molecule has 7 heteroatoms. The lowest BCUT2D eigenvalue weighted by Gasteiger charge is -2.39. The van der Waals surface area contributed by atoms with Crippen LogP contribution in [-0.4, -0.2) is 41.8 Å². The summed E-state index contributed by atoms with van der Waals surface area (Å²) in [7, 11) is 0. The van der Waals surface area contributed by atoms with Crippen LogP contribution in [0.15, 0.2) is 24.3 Å². The van der Waals surface area contributed by atoms with E-state index in [-0.39, 0.29) is 6.04 Å². The highest BCUT2D eigenvalue weighted by molar-refractivity contribution is 5.66. The number of piperazine rings is 1. The van der Waals surface area contributed by atoms with E-state index in [4.69, 9.17) is 5.11 Å². The molecule has 0 aromatic heterocycles. The molecule has 1 atom stereocenters. The van der Waals surface area contributed by atoms with Crippen LogP contribution in [0.5, 0.6) is 0 Å². The molecule has 0 aliphatic carbocycles. The van der Waals surface area contributed by atoms with E-state index in [1.807, 2.05) is 4.90 Å². The van der Waals surface area contributed by atoms with E-state index < -0.39 is 17.8 Å². The Morgan fingerprint density at radius 3 is 2.30 bits per heavy atom. The number of hydrogen-bond acceptors (Lipinski definition) is 2. The van der Waals surface area contributed by atoms with Gasteiger partial charge in [-0.3, -0.25) is 0 Å². The van der Waals surface area contributed by atoms with E-state index in [9.17, 15) is 18.0 Å². The highest BCUT2D eigenvalue weighted by Crippen LogP contribution is 2.30. The third-order valence-electron chi connectivity index (χ3n) is 3.43. The summed E-state index contributed by atoms with van der Waals surface area (Å²) in [5, 5.41) is 8.97. The largest absolute Gasteiger partial charge is 0.465 e. The van der Waals surface area contributed by atoms with Crippen molar-refractivity contribution < 1.29 is 23.1 Å². The first-order valence-corrected chi connectivity index (χ1v) is 6.21. The number of amides is 1. The van der Waals surface area contributed by atoms with Crippen molar-refractivity contribution in [2.45, 2.75) is 19.1 Å². The van der Waals surface area contributed by atoms with Crippen molar-refractivity contribution in [2.75, 3.05) is 24.5 Å². The number of carbonyl (C=O) groups is 1. The topological polar surface area (TPSA) is 43.8 Å². The fourth-order valence-corrected chi connectivity index (χ4v) is 2.34. The number of hydrogen-bond donors (Lipinski definition) is 1. The maximum Gasteiger partial charge on any atom is 0.416 e. The average Bonchev–Trinajstić information content (AvgIpc) is 2.37. The van der Waals surface area contributed by atoms with Gasteiger partial charge in [-0.2, -0.15) is 13.2 Å². The summed E-state index contributed by atoms with van der Waals surface area (Å²) in [5.41, 5.74) is -0.00615. The van der Waals surface area contributed by atoms with Crippen LogP contribution in [0, 0.1) is 0 Å². The fourth-order valence-electron chi connectivity index (χ4n) is 2.34. The first kappa shape index (κ1) is 14.5. The molecule has 1 saturated heterocycles. The van der Waals surface area contributed by atoms with Crippen LogP contribution < -0.4 is 4.90 Å². The third kappa shape index (κ3) is 2.97. The van der Waals surface area contributed by atoms with Crippen molar-refractivity contribution in [3.8, 4) is 0 Å². The van der Waals surface area contributed by atoms with Crippen molar-refractivity contribution >= 4 is 11.8 Å². The number of alkyl halides is 3. The summed E-state index contributed by atoms with van der Waals surface area (Å²) >= 11 is 0. The fraction of sp³-hybridized carbons (Fsp3) is 0.462. The number of halogens is 3. The molecule has 1 aromatic carbocycles. The van der Waals surface area contributed by atoms with Gasteiger partial charge in [0.1, 0.15) is 0 Å². The lowest BCUT2D eigenvalue weighted by Crippen LogP contribution is -2.53. The number of nitrogens with zero attached hydrogens (tertiary/aromatic N) is 2.